The zero-order valence-electron chi connectivity index (χ0n) is 11.9. The Kier molecular flexibility index (Phi) is 8.44. The van der Waals surface area contributed by atoms with Gasteiger partial charge in [0, 0.05) is 0 Å². The van der Waals surface area contributed by atoms with Crippen LogP contribution in [-0.4, -0.2) is 44.8 Å². The molecule has 0 aliphatic rings. The van der Waals surface area contributed by atoms with Crippen molar-refractivity contribution in [3.05, 3.63) is 11.1 Å². The molecule has 4 heteroatoms. The van der Waals surface area contributed by atoms with E-state index in [1.54, 1.807) is 27.7 Å². The largest absolute Gasteiger partial charge is 0.393 e. The lowest BCUT2D eigenvalue weighted by Crippen LogP contribution is -2.14. The second kappa shape index (κ2) is 8.64. The highest BCUT2D eigenvalue weighted by atomic mass is 16.3. The summed E-state index contributed by atoms with van der Waals surface area (Å²) in [6.07, 6.45) is -0.0689. The third kappa shape index (κ3) is 8.64. The van der Waals surface area contributed by atoms with Crippen molar-refractivity contribution in [2.45, 2.75) is 77.8 Å². The molecule has 0 rings (SSSR count). The average molecular weight is 260 g/mol. The number of hydrogen-bond donors (Lipinski definition) is 4. The number of hydrogen-bond acceptors (Lipinski definition) is 4. The van der Waals surface area contributed by atoms with Gasteiger partial charge in [0.25, 0.3) is 0 Å². The van der Waals surface area contributed by atoms with E-state index in [2.05, 4.69) is 0 Å². The normalized spacial score (nSPS) is 18.0. The zero-order chi connectivity index (χ0) is 14.3. The maximum Gasteiger partial charge on any atom is 0.0549 e. The molecule has 0 saturated heterocycles. The molecule has 4 unspecified atom stereocenters. The van der Waals surface area contributed by atoms with Crippen LogP contribution in [0, 0.1) is 0 Å². The van der Waals surface area contributed by atoms with E-state index in [-0.39, 0.29) is 0 Å². The average Bonchev–Trinajstić information content (AvgIpc) is 2.12. The Hall–Kier alpha value is -0.420. The Bertz CT molecular complexity index is 205. The molecule has 4 N–H and O–H groups in total. The smallest absolute Gasteiger partial charge is 0.0549 e. The van der Waals surface area contributed by atoms with Crippen molar-refractivity contribution < 1.29 is 20.4 Å². The van der Waals surface area contributed by atoms with Crippen molar-refractivity contribution >= 4 is 0 Å². The minimum atomic E-state index is -0.489. The Morgan fingerprint density at radius 2 is 0.722 bits per heavy atom. The lowest BCUT2D eigenvalue weighted by atomic mass is 9.90. The molecule has 4 atom stereocenters. The van der Waals surface area contributed by atoms with Crippen LogP contribution in [0.15, 0.2) is 11.1 Å². The summed E-state index contributed by atoms with van der Waals surface area (Å²) in [7, 11) is 0. The van der Waals surface area contributed by atoms with Crippen molar-refractivity contribution in [1.29, 1.82) is 0 Å². The van der Waals surface area contributed by atoms with Crippen LogP contribution < -0.4 is 0 Å². The van der Waals surface area contributed by atoms with Gasteiger partial charge in [-0.3, -0.25) is 0 Å². The van der Waals surface area contributed by atoms with E-state index >= 15 is 0 Å². The quantitative estimate of drug-likeness (QED) is 0.497. The zero-order valence-corrected chi connectivity index (χ0v) is 11.9. The van der Waals surface area contributed by atoms with E-state index in [1.165, 1.54) is 0 Å². The second-order valence-corrected chi connectivity index (χ2v) is 5.42. The van der Waals surface area contributed by atoms with E-state index in [4.69, 9.17) is 0 Å². The lowest BCUT2D eigenvalue weighted by molar-refractivity contribution is 0.162. The highest BCUT2D eigenvalue weighted by Crippen LogP contribution is 2.25. The molecule has 0 fully saturated rings. The molecule has 0 saturated carbocycles. The van der Waals surface area contributed by atoms with Gasteiger partial charge in [-0.2, -0.15) is 0 Å². The first-order chi connectivity index (χ1) is 8.22. The molecule has 0 radical (unpaired) electrons. The standard InChI is InChI=1S/C14H28O4/c1-9(15)5-13(6-10(2)16)14(7-11(3)17)8-12(4)18/h9-12,15-18H,5-8H2,1-4H3. The topological polar surface area (TPSA) is 80.9 Å². The van der Waals surface area contributed by atoms with Crippen molar-refractivity contribution in [1.82, 2.24) is 0 Å². The van der Waals surface area contributed by atoms with E-state index in [0.717, 1.165) is 11.1 Å². The van der Waals surface area contributed by atoms with Gasteiger partial charge in [0.2, 0.25) is 0 Å². The summed E-state index contributed by atoms with van der Waals surface area (Å²) in [6.45, 7) is 6.80. The van der Waals surface area contributed by atoms with Crippen LogP contribution in [0.5, 0.6) is 0 Å². The predicted molar refractivity (Wildman–Crippen MR) is 72.2 cm³/mol. The van der Waals surface area contributed by atoms with Crippen LogP contribution in [-0.2, 0) is 0 Å². The van der Waals surface area contributed by atoms with Crippen molar-refractivity contribution in [3.8, 4) is 0 Å². The molecule has 0 amide bonds. The minimum Gasteiger partial charge on any atom is -0.393 e. The summed E-state index contributed by atoms with van der Waals surface area (Å²) >= 11 is 0. The first kappa shape index (κ1) is 17.6. The van der Waals surface area contributed by atoms with Gasteiger partial charge in [-0.1, -0.05) is 11.1 Å². The molecule has 0 aliphatic carbocycles. The molecule has 0 heterocycles. The van der Waals surface area contributed by atoms with Gasteiger partial charge in [-0.25, -0.2) is 0 Å². The van der Waals surface area contributed by atoms with Crippen LogP contribution in [0.1, 0.15) is 53.4 Å². The Morgan fingerprint density at radius 3 is 0.833 bits per heavy atom. The summed E-state index contributed by atoms with van der Waals surface area (Å²) in [6, 6.07) is 0. The maximum atomic E-state index is 9.51. The third-order valence-corrected chi connectivity index (χ3v) is 2.67. The van der Waals surface area contributed by atoms with Crippen molar-refractivity contribution in [2.75, 3.05) is 0 Å². The van der Waals surface area contributed by atoms with Crippen molar-refractivity contribution in [2.24, 2.45) is 0 Å². The Balaban J connectivity index is 5.08. The highest BCUT2D eigenvalue weighted by molar-refractivity contribution is 5.17. The third-order valence-electron chi connectivity index (χ3n) is 2.67. The summed E-state index contributed by atoms with van der Waals surface area (Å²) in [5.41, 5.74) is 1.89. The molecule has 0 spiro atoms. The fourth-order valence-corrected chi connectivity index (χ4v) is 2.17. The highest BCUT2D eigenvalue weighted by Gasteiger charge is 2.15. The maximum absolute atomic E-state index is 9.51. The molecular weight excluding hydrogens is 232 g/mol. The van der Waals surface area contributed by atoms with Gasteiger partial charge in [-0.15, -0.1) is 0 Å². The second-order valence-electron chi connectivity index (χ2n) is 5.42. The molecule has 0 aliphatic heterocycles. The summed E-state index contributed by atoms with van der Waals surface area (Å²) in [5.74, 6) is 0. The Labute approximate surface area is 110 Å². The van der Waals surface area contributed by atoms with E-state index in [0.29, 0.717) is 25.7 Å². The predicted octanol–water partition coefficient (Wildman–Crippen LogP) is 1.37. The van der Waals surface area contributed by atoms with Crippen LogP contribution in [0.2, 0.25) is 0 Å². The van der Waals surface area contributed by atoms with Crippen LogP contribution in [0.3, 0.4) is 0 Å². The van der Waals surface area contributed by atoms with Gasteiger partial charge >= 0.3 is 0 Å². The number of aliphatic hydroxyl groups is 4. The molecule has 18 heavy (non-hydrogen) atoms. The van der Waals surface area contributed by atoms with Crippen LogP contribution in [0.4, 0.5) is 0 Å². The minimum absolute atomic E-state index is 0.472. The van der Waals surface area contributed by atoms with Gasteiger partial charge in [0.15, 0.2) is 0 Å². The fraction of sp³-hybridized carbons (Fsp3) is 0.857. The van der Waals surface area contributed by atoms with E-state index in [9.17, 15) is 20.4 Å². The molecule has 108 valence electrons. The van der Waals surface area contributed by atoms with Gasteiger partial charge < -0.3 is 20.4 Å². The lowest BCUT2D eigenvalue weighted by Gasteiger charge is -2.20. The SMILES string of the molecule is CC(O)CC(CC(C)O)=C(CC(C)O)CC(C)O. The molecular formula is C14H28O4. The Morgan fingerprint density at radius 1 is 0.556 bits per heavy atom. The summed E-state index contributed by atoms with van der Waals surface area (Å²) in [4.78, 5) is 0. The molecule has 0 aromatic heterocycles. The molecule has 0 aromatic carbocycles. The van der Waals surface area contributed by atoms with Crippen LogP contribution in [0.25, 0.3) is 0 Å². The summed E-state index contributed by atoms with van der Waals surface area (Å²) < 4.78 is 0. The van der Waals surface area contributed by atoms with E-state index in [1.807, 2.05) is 0 Å². The molecule has 0 bridgehead atoms. The van der Waals surface area contributed by atoms with Gasteiger partial charge in [0.05, 0.1) is 24.4 Å². The number of aliphatic hydroxyl groups excluding tert-OH is 4. The molecule has 0 aromatic rings. The molecule has 4 nitrogen and oxygen atoms in total. The fourth-order valence-electron chi connectivity index (χ4n) is 2.17. The van der Waals surface area contributed by atoms with E-state index < -0.39 is 24.4 Å². The summed E-state index contributed by atoms with van der Waals surface area (Å²) in [5, 5.41) is 38.0. The van der Waals surface area contributed by atoms with Crippen molar-refractivity contribution in [3.63, 3.8) is 0 Å². The van der Waals surface area contributed by atoms with Gasteiger partial charge in [-0.05, 0) is 53.4 Å². The number of rotatable bonds is 8. The monoisotopic (exact) mass is 260 g/mol. The first-order valence-corrected chi connectivity index (χ1v) is 6.64. The first-order valence-electron chi connectivity index (χ1n) is 6.64. The van der Waals surface area contributed by atoms with Gasteiger partial charge in [0.1, 0.15) is 0 Å². The van der Waals surface area contributed by atoms with Crippen LogP contribution >= 0.6 is 0 Å².